The Balaban J connectivity index is 1.41. The molecular formula is C29H29N5O3. The van der Waals surface area contributed by atoms with Crippen LogP contribution < -0.4 is 20.1 Å². The van der Waals surface area contributed by atoms with Crippen LogP contribution in [0.2, 0.25) is 0 Å². The topological polar surface area (TPSA) is 90.3 Å². The van der Waals surface area contributed by atoms with Crippen molar-refractivity contribution in [3.05, 3.63) is 107 Å². The number of carbonyl (C=O) groups excluding carboxylic acids is 1. The van der Waals surface area contributed by atoms with Crippen molar-refractivity contribution in [2.75, 3.05) is 17.2 Å². The number of para-hydroxylation sites is 2. The first-order valence-corrected chi connectivity index (χ1v) is 12.2. The van der Waals surface area contributed by atoms with Crippen molar-refractivity contribution in [1.82, 2.24) is 14.8 Å². The largest absolute Gasteiger partial charge is 0.492 e. The number of hydrogen-bond acceptors (Lipinski definition) is 6. The third kappa shape index (κ3) is 5.18. The third-order valence-electron chi connectivity index (χ3n) is 6.20. The summed E-state index contributed by atoms with van der Waals surface area (Å²) < 4.78 is 13.4. The minimum Gasteiger partial charge on any atom is -0.492 e. The van der Waals surface area contributed by atoms with Gasteiger partial charge in [0.1, 0.15) is 30.5 Å². The minimum absolute atomic E-state index is 0.247. The van der Waals surface area contributed by atoms with Crippen LogP contribution in [0.15, 0.2) is 90.4 Å². The lowest BCUT2D eigenvalue weighted by Crippen LogP contribution is -2.31. The molecule has 2 N–H and O–H groups in total. The molecule has 1 aliphatic rings. The molecule has 1 unspecified atom stereocenters. The maximum Gasteiger partial charge on any atom is 0.255 e. The quantitative estimate of drug-likeness (QED) is 0.336. The van der Waals surface area contributed by atoms with E-state index in [-0.39, 0.29) is 5.91 Å². The molecule has 3 aromatic carbocycles. The molecule has 8 heteroatoms. The fraction of sp³-hybridized carbons (Fsp3) is 0.207. The van der Waals surface area contributed by atoms with E-state index in [0.717, 1.165) is 16.9 Å². The van der Waals surface area contributed by atoms with Gasteiger partial charge in [0.05, 0.1) is 17.9 Å². The molecule has 0 radical (unpaired) electrons. The molecule has 1 aromatic heterocycles. The second-order valence-corrected chi connectivity index (χ2v) is 8.82. The molecule has 8 nitrogen and oxygen atoms in total. The van der Waals surface area contributed by atoms with Crippen LogP contribution in [0.1, 0.15) is 36.6 Å². The summed E-state index contributed by atoms with van der Waals surface area (Å²) >= 11 is 0. The monoisotopic (exact) mass is 495 g/mol. The van der Waals surface area contributed by atoms with E-state index in [0.29, 0.717) is 41.9 Å². The van der Waals surface area contributed by atoms with Crippen molar-refractivity contribution in [2.45, 2.75) is 33.4 Å². The summed E-state index contributed by atoms with van der Waals surface area (Å²) in [6, 6.07) is 22.9. The number of anilines is 2. The maximum atomic E-state index is 13.6. The molecule has 37 heavy (non-hydrogen) atoms. The maximum absolute atomic E-state index is 13.6. The Morgan fingerprint density at radius 3 is 2.51 bits per heavy atom. The van der Waals surface area contributed by atoms with Crippen LogP contribution in [-0.2, 0) is 11.4 Å². The van der Waals surface area contributed by atoms with Crippen LogP contribution in [0, 0.1) is 6.92 Å². The number of nitrogens with zero attached hydrogens (tertiary/aromatic N) is 3. The van der Waals surface area contributed by atoms with Gasteiger partial charge in [-0.1, -0.05) is 54.1 Å². The van der Waals surface area contributed by atoms with Crippen molar-refractivity contribution in [3.8, 4) is 11.5 Å². The Bertz CT molecular complexity index is 1420. The van der Waals surface area contributed by atoms with Crippen molar-refractivity contribution in [1.29, 1.82) is 0 Å². The lowest BCUT2D eigenvalue weighted by Gasteiger charge is -2.29. The van der Waals surface area contributed by atoms with Crippen molar-refractivity contribution < 1.29 is 14.3 Å². The number of nitrogens with one attached hydrogen (secondary N) is 2. The first-order valence-electron chi connectivity index (χ1n) is 12.2. The molecule has 1 amide bonds. The van der Waals surface area contributed by atoms with E-state index < -0.39 is 6.04 Å². The number of aryl methyl sites for hydroxylation is 1. The molecule has 0 aliphatic carbocycles. The van der Waals surface area contributed by atoms with Gasteiger partial charge in [0.2, 0.25) is 5.95 Å². The number of allylic oxidation sites excluding steroid dienone is 1. The first kappa shape index (κ1) is 24.1. The number of fused-ring (bicyclic) bond motifs is 1. The number of hydrogen-bond donors (Lipinski definition) is 2. The highest BCUT2D eigenvalue weighted by Gasteiger charge is 2.33. The van der Waals surface area contributed by atoms with Crippen molar-refractivity contribution in [2.24, 2.45) is 0 Å². The van der Waals surface area contributed by atoms with Gasteiger partial charge in [-0.2, -0.15) is 10.1 Å². The highest BCUT2D eigenvalue weighted by atomic mass is 16.5. The van der Waals surface area contributed by atoms with Crippen LogP contribution in [0.4, 0.5) is 11.6 Å². The smallest absolute Gasteiger partial charge is 0.255 e. The fourth-order valence-electron chi connectivity index (χ4n) is 4.33. The Morgan fingerprint density at radius 1 is 1.00 bits per heavy atom. The van der Waals surface area contributed by atoms with E-state index in [1.54, 1.807) is 4.68 Å². The molecule has 0 saturated carbocycles. The van der Waals surface area contributed by atoms with Crippen LogP contribution in [0.3, 0.4) is 0 Å². The summed E-state index contributed by atoms with van der Waals surface area (Å²) in [6.07, 6.45) is 1.48. The second kappa shape index (κ2) is 10.6. The second-order valence-electron chi connectivity index (χ2n) is 8.82. The number of rotatable bonds is 8. The summed E-state index contributed by atoms with van der Waals surface area (Å²) in [5.41, 5.74) is 5.06. The van der Waals surface area contributed by atoms with Gasteiger partial charge in [-0.15, -0.1) is 0 Å². The van der Waals surface area contributed by atoms with E-state index in [4.69, 9.17) is 9.47 Å². The molecule has 0 spiro atoms. The normalized spacial score (nSPS) is 14.5. The summed E-state index contributed by atoms with van der Waals surface area (Å²) in [5, 5.41) is 10.6. The first-order chi connectivity index (χ1) is 18.0. The highest BCUT2D eigenvalue weighted by Crippen LogP contribution is 2.36. The third-order valence-corrected chi connectivity index (χ3v) is 6.20. The highest BCUT2D eigenvalue weighted by molar-refractivity contribution is 6.06. The minimum atomic E-state index is -0.468. The molecule has 188 valence electrons. The lowest BCUT2D eigenvalue weighted by atomic mass is 9.95. The van der Waals surface area contributed by atoms with E-state index in [1.165, 1.54) is 11.9 Å². The zero-order chi connectivity index (χ0) is 25.8. The number of aromatic nitrogens is 3. The molecule has 0 bridgehead atoms. The Kier molecular flexibility index (Phi) is 6.89. The average Bonchev–Trinajstić information content (AvgIpc) is 3.37. The number of amides is 1. The molecule has 5 rings (SSSR count). The van der Waals surface area contributed by atoms with Gasteiger partial charge in [-0.25, -0.2) is 4.68 Å². The predicted molar refractivity (Wildman–Crippen MR) is 143 cm³/mol. The Labute approximate surface area is 216 Å². The Morgan fingerprint density at radius 2 is 1.76 bits per heavy atom. The van der Waals surface area contributed by atoms with Crippen LogP contribution >= 0.6 is 0 Å². The summed E-state index contributed by atoms with van der Waals surface area (Å²) in [5.74, 6) is 1.69. The zero-order valence-corrected chi connectivity index (χ0v) is 21.1. The van der Waals surface area contributed by atoms with Gasteiger partial charge in [0, 0.05) is 5.70 Å². The number of carbonyl (C=O) groups is 1. The van der Waals surface area contributed by atoms with Gasteiger partial charge in [0.25, 0.3) is 5.91 Å². The summed E-state index contributed by atoms with van der Waals surface area (Å²) in [4.78, 5) is 18.0. The molecule has 1 atom stereocenters. The van der Waals surface area contributed by atoms with Gasteiger partial charge in [-0.3, -0.25) is 4.79 Å². The molecule has 2 heterocycles. The molecule has 1 aliphatic heterocycles. The van der Waals surface area contributed by atoms with Gasteiger partial charge in [0.15, 0.2) is 0 Å². The number of ether oxygens (including phenoxy) is 2. The zero-order valence-electron chi connectivity index (χ0n) is 21.1. The summed E-state index contributed by atoms with van der Waals surface area (Å²) in [7, 11) is 0. The van der Waals surface area contributed by atoms with E-state index >= 15 is 0 Å². The van der Waals surface area contributed by atoms with Crippen LogP contribution in [-0.4, -0.2) is 27.3 Å². The fourth-order valence-corrected chi connectivity index (χ4v) is 4.33. The lowest BCUT2D eigenvalue weighted by molar-refractivity contribution is -0.113. The molecule has 0 saturated heterocycles. The van der Waals surface area contributed by atoms with Gasteiger partial charge < -0.3 is 20.1 Å². The van der Waals surface area contributed by atoms with Crippen LogP contribution in [0.25, 0.3) is 0 Å². The number of benzene rings is 3. The van der Waals surface area contributed by atoms with E-state index in [2.05, 4.69) is 51.9 Å². The molecular weight excluding hydrogens is 466 g/mol. The van der Waals surface area contributed by atoms with Crippen LogP contribution in [0.5, 0.6) is 11.5 Å². The van der Waals surface area contributed by atoms with Crippen molar-refractivity contribution in [3.63, 3.8) is 0 Å². The van der Waals surface area contributed by atoms with Gasteiger partial charge >= 0.3 is 0 Å². The molecule has 0 fully saturated rings. The van der Waals surface area contributed by atoms with E-state index in [9.17, 15) is 4.79 Å². The standard InChI is InChI=1S/C29H29N5O3/c1-4-36-25-8-6-5-7-24(25)33-28(35)26-20(3)32-29-30-18-31-34(29)27(26)22-13-15-23(16-14-22)37-17-21-11-9-19(2)10-12-21/h5-16,18,27H,4,17H2,1-3H3,(H,33,35)(H,30,31,32). The molecule has 4 aromatic rings. The van der Waals surface area contributed by atoms with E-state index in [1.807, 2.05) is 62.4 Å². The Hall–Kier alpha value is -4.59. The average molecular weight is 496 g/mol. The van der Waals surface area contributed by atoms with Crippen molar-refractivity contribution >= 4 is 17.5 Å². The summed E-state index contributed by atoms with van der Waals surface area (Å²) in [6.45, 7) is 6.82. The SMILES string of the molecule is CCOc1ccccc1NC(=O)C1=C(C)Nc2ncnn2C1c1ccc(OCc2ccc(C)cc2)cc1. The predicted octanol–water partition coefficient (Wildman–Crippen LogP) is 5.49. The van der Waals surface area contributed by atoms with Gasteiger partial charge in [-0.05, 0) is 56.2 Å².